The van der Waals surface area contributed by atoms with Gasteiger partial charge in [0.05, 0.1) is 18.4 Å². The molecule has 2 heterocycles. The molecule has 0 aliphatic rings. The first kappa shape index (κ1) is 14.2. The summed E-state index contributed by atoms with van der Waals surface area (Å²) in [4.78, 5) is 24.2. The molecule has 0 aliphatic carbocycles. The number of furan rings is 1. The number of ether oxygens (including phenoxy) is 2. The highest BCUT2D eigenvalue weighted by Gasteiger charge is 2.26. The minimum Gasteiger partial charge on any atom is -0.463 e. The quantitative estimate of drug-likeness (QED) is 0.789. The molecule has 0 fully saturated rings. The van der Waals surface area contributed by atoms with Crippen LogP contribution in [0.3, 0.4) is 0 Å². The van der Waals surface area contributed by atoms with E-state index in [1.54, 1.807) is 33.8 Å². The van der Waals surface area contributed by atoms with E-state index in [2.05, 4.69) is 0 Å². The van der Waals surface area contributed by atoms with E-state index in [4.69, 9.17) is 13.9 Å². The standard InChI is InChI=1S/C14H17NO5/c1-5-18-12(16)10-8-11-9(6-7-19-11)15(10)13(17)20-14(2,3)4/h6-8H,5H2,1-4H3. The van der Waals surface area contributed by atoms with E-state index in [-0.39, 0.29) is 12.3 Å². The summed E-state index contributed by atoms with van der Waals surface area (Å²) in [6.07, 6.45) is 0.803. The number of nitrogens with zero attached hydrogens (tertiary/aromatic N) is 1. The molecule has 0 radical (unpaired) electrons. The number of rotatable bonds is 2. The molecule has 2 aromatic heterocycles. The van der Waals surface area contributed by atoms with Gasteiger partial charge in [-0.2, -0.15) is 0 Å². The molecule has 0 bridgehead atoms. The average molecular weight is 279 g/mol. The molecule has 20 heavy (non-hydrogen) atoms. The van der Waals surface area contributed by atoms with Crippen LogP contribution >= 0.6 is 0 Å². The van der Waals surface area contributed by atoms with Gasteiger partial charge in [-0.3, -0.25) is 0 Å². The zero-order valence-electron chi connectivity index (χ0n) is 11.9. The minimum absolute atomic E-state index is 0.0930. The lowest BCUT2D eigenvalue weighted by molar-refractivity contribution is 0.0454. The van der Waals surface area contributed by atoms with Gasteiger partial charge in [0.15, 0.2) is 5.58 Å². The third kappa shape index (κ3) is 2.68. The summed E-state index contributed by atoms with van der Waals surface area (Å²) in [5.74, 6) is -0.593. The van der Waals surface area contributed by atoms with Crippen molar-refractivity contribution in [1.82, 2.24) is 4.57 Å². The molecule has 6 heteroatoms. The first-order valence-electron chi connectivity index (χ1n) is 6.33. The van der Waals surface area contributed by atoms with Gasteiger partial charge in [-0.15, -0.1) is 0 Å². The topological polar surface area (TPSA) is 70.7 Å². The maximum Gasteiger partial charge on any atom is 0.419 e. The maximum absolute atomic E-state index is 12.3. The molecule has 0 unspecified atom stereocenters. The zero-order valence-corrected chi connectivity index (χ0v) is 11.9. The van der Waals surface area contributed by atoms with Crippen molar-refractivity contribution in [3.05, 3.63) is 24.1 Å². The van der Waals surface area contributed by atoms with E-state index >= 15 is 0 Å². The molecule has 0 amide bonds. The Labute approximate surface area is 116 Å². The number of hydrogen-bond donors (Lipinski definition) is 0. The predicted octanol–water partition coefficient (Wildman–Crippen LogP) is 3.19. The summed E-state index contributed by atoms with van der Waals surface area (Å²) < 4.78 is 16.6. The average Bonchev–Trinajstić information content (AvgIpc) is 2.84. The Morgan fingerprint density at radius 1 is 1.35 bits per heavy atom. The molecule has 0 saturated carbocycles. The first-order chi connectivity index (χ1) is 9.33. The van der Waals surface area contributed by atoms with Crippen LogP contribution in [0.25, 0.3) is 11.1 Å². The van der Waals surface area contributed by atoms with Gasteiger partial charge in [-0.25, -0.2) is 14.2 Å². The van der Waals surface area contributed by atoms with Crippen molar-refractivity contribution in [2.24, 2.45) is 0 Å². The number of aromatic nitrogens is 1. The smallest absolute Gasteiger partial charge is 0.419 e. The monoisotopic (exact) mass is 279 g/mol. The van der Waals surface area contributed by atoms with Gasteiger partial charge in [-0.1, -0.05) is 0 Å². The fraction of sp³-hybridized carbons (Fsp3) is 0.429. The zero-order chi connectivity index (χ0) is 14.9. The van der Waals surface area contributed by atoms with Gasteiger partial charge < -0.3 is 13.9 Å². The van der Waals surface area contributed by atoms with Gasteiger partial charge in [0.25, 0.3) is 0 Å². The van der Waals surface area contributed by atoms with Gasteiger partial charge in [0.2, 0.25) is 0 Å². The Kier molecular flexibility index (Phi) is 3.57. The lowest BCUT2D eigenvalue weighted by atomic mass is 10.2. The van der Waals surface area contributed by atoms with Crippen molar-refractivity contribution < 1.29 is 23.5 Å². The van der Waals surface area contributed by atoms with Crippen LogP contribution < -0.4 is 0 Å². The van der Waals surface area contributed by atoms with Gasteiger partial charge in [0, 0.05) is 12.1 Å². The molecule has 2 rings (SSSR count). The van der Waals surface area contributed by atoms with E-state index in [0.717, 1.165) is 0 Å². The van der Waals surface area contributed by atoms with Crippen LogP contribution in [0.15, 0.2) is 22.8 Å². The molecule has 0 spiro atoms. The molecular formula is C14H17NO5. The normalized spacial score (nSPS) is 11.6. The fourth-order valence-electron chi connectivity index (χ4n) is 1.78. The van der Waals surface area contributed by atoms with Crippen LogP contribution in [0, 0.1) is 0 Å². The Balaban J connectivity index is 2.48. The number of fused-ring (bicyclic) bond motifs is 1. The Morgan fingerprint density at radius 3 is 2.65 bits per heavy atom. The van der Waals surface area contributed by atoms with Crippen molar-refractivity contribution in [1.29, 1.82) is 0 Å². The van der Waals surface area contributed by atoms with Crippen molar-refractivity contribution in [2.75, 3.05) is 6.61 Å². The second-order valence-electron chi connectivity index (χ2n) is 5.24. The van der Waals surface area contributed by atoms with Crippen molar-refractivity contribution in [3.8, 4) is 0 Å². The van der Waals surface area contributed by atoms with Crippen molar-refractivity contribution in [3.63, 3.8) is 0 Å². The minimum atomic E-state index is -0.663. The van der Waals surface area contributed by atoms with Gasteiger partial charge in [-0.05, 0) is 27.7 Å². The van der Waals surface area contributed by atoms with E-state index in [9.17, 15) is 9.59 Å². The SMILES string of the molecule is CCOC(=O)c1cc2occc2n1C(=O)OC(C)(C)C. The summed E-state index contributed by atoms with van der Waals surface area (Å²) in [6, 6.07) is 3.07. The maximum atomic E-state index is 12.3. The van der Waals surface area contributed by atoms with E-state index in [1.807, 2.05) is 0 Å². The highest BCUT2D eigenvalue weighted by atomic mass is 16.6. The van der Waals surface area contributed by atoms with Crippen LogP contribution in [0.2, 0.25) is 0 Å². The van der Waals surface area contributed by atoms with Crippen molar-refractivity contribution in [2.45, 2.75) is 33.3 Å². The van der Waals surface area contributed by atoms with E-state index < -0.39 is 17.7 Å². The Morgan fingerprint density at radius 2 is 2.05 bits per heavy atom. The second-order valence-corrected chi connectivity index (χ2v) is 5.24. The van der Waals surface area contributed by atoms with Gasteiger partial charge in [0.1, 0.15) is 11.3 Å². The van der Waals surface area contributed by atoms with Crippen LogP contribution in [-0.4, -0.2) is 28.8 Å². The molecule has 0 saturated heterocycles. The largest absolute Gasteiger partial charge is 0.463 e. The first-order valence-corrected chi connectivity index (χ1v) is 6.33. The van der Waals surface area contributed by atoms with E-state index in [1.165, 1.54) is 16.9 Å². The molecule has 6 nitrogen and oxygen atoms in total. The molecule has 0 aliphatic heterocycles. The van der Waals surface area contributed by atoms with Crippen molar-refractivity contribution >= 4 is 23.2 Å². The predicted molar refractivity (Wildman–Crippen MR) is 71.8 cm³/mol. The molecule has 108 valence electrons. The molecule has 2 aromatic rings. The summed E-state index contributed by atoms with van der Waals surface area (Å²) in [5.41, 5.74) is 0.334. The third-order valence-corrected chi connectivity index (χ3v) is 2.48. The lowest BCUT2D eigenvalue weighted by Crippen LogP contribution is -2.29. The third-order valence-electron chi connectivity index (χ3n) is 2.48. The summed E-state index contributed by atoms with van der Waals surface area (Å²) in [6.45, 7) is 7.18. The van der Waals surface area contributed by atoms with Crippen LogP contribution in [0.4, 0.5) is 4.79 Å². The van der Waals surface area contributed by atoms with E-state index in [0.29, 0.717) is 11.1 Å². The molecule has 0 atom stereocenters. The fourth-order valence-corrected chi connectivity index (χ4v) is 1.78. The summed E-state index contributed by atoms with van der Waals surface area (Å²) in [7, 11) is 0. The Hall–Kier alpha value is -2.24. The number of esters is 1. The summed E-state index contributed by atoms with van der Waals surface area (Å²) in [5, 5.41) is 0. The van der Waals surface area contributed by atoms with Crippen LogP contribution in [0.5, 0.6) is 0 Å². The van der Waals surface area contributed by atoms with Crippen LogP contribution in [-0.2, 0) is 9.47 Å². The van der Waals surface area contributed by atoms with Gasteiger partial charge >= 0.3 is 12.1 Å². The molecule has 0 N–H and O–H groups in total. The number of carbonyl (C=O) groups is 2. The van der Waals surface area contributed by atoms with Crippen LogP contribution in [0.1, 0.15) is 38.2 Å². The Bertz CT molecular complexity index is 644. The molecule has 0 aromatic carbocycles. The highest BCUT2D eigenvalue weighted by molar-refractivity contribution is 6.00. The summed E-state index contributed by atoms with van der Waals surface area (Å²) >= 11 is 0. The second kappa shape index (κ2) is 5.03. The number of hydrogen-bond acceptors (Lipinski definition) is 5. The lowest BCUT2D eigenvalue weighted by Gasteiger charge is -2.20. The molecular weight excluding hydrogens is 262 g/mol. The number of carbonyl (C=O) groups excluding carboxylic acids is 2. The highest BCUT2D eigenvalue weighted by Crippen LogP contribution is 2.23.